The summed E-state index contributed by atoms with van der Waals surface area (Å²) in [7, 11) is -3.24. The Balaban J connectivity index is 2.87. The van der Waals surface area contributed by atoms with E-state index in [0.717, 1.165) is 0 Å². The van der Waals surface area contributed by atoms with Gasteiger partial charge in [-0.05, 0) is 39.8 Å². The van der Waals surface area contributed by atoms with Crippen LogP contribution in [0, 0.1) is 0 Å². The summed E-state index contributed by atoms with van der Waals surface area (Å²) in [5, 5.41) is 0. The van der Waals surface area contributed by atoms with Gasteiger partial charge in [0.2, 0.25) is 10.0 Å². The molecule has 0 spiro atoms. The average Bonchev–Trinajstić information content (AvgIpc) is 2.14. The van der Waals surface area contributed by atoms with Crippen molar-refractivity contribution < 1.29 is 13.2 Å². The first-order valence-electron chi connectivity index (χ1n) is 5.51. The Morgan fingerprint density at radius 3 is 2.47 bits per heavy atom. The second-order valence-corrected chi connectivity index (χ2v) is 6.76. The lowest BCUT2D eigenvalue weighted by Gasteiger charge is -2.21. The van der Waals surface area contributed by atoms with Gasteiger partial charge >= 0.3 is 0 Å². The topological polar surface area (TPSA) is 55.4 Å². The van der Waals surface area contributed by atoms with Gasteiger partial charge in [-0.1, -0.05) is 6.07 Å². The Morgan fingerprint density at radius 2 is 1.94 bits per heavy atom. The molecular weight excluding hydrogens is 238 g/mol. The third-order valence-electron chi connectivity index (χ3n) is 1.91. The van der Waals surface area contributed by atoms with Crippen LogP contribution in [-0.4, -0.2) is 19.8 Å². The number of anilines is 1. The molecule has 5 heteroatoms. The van der Waals surface area contributed by atoms with Crippen molar-refractivity contribution in [3.05, 3.63) is 24.3 Å². The Hall–Kier alpha value is -1.23. The summed E-state index contributed by atoms with van der Waals surface area (Å²) in [5.74, 6) is 0.700. The molecule has 0 unspecified atom stereocenters. The molecule has 0 saturated carbocycles. The molecule has 1 N–H and O–H groups in total. The first kappa shape index (κ1) is 13.8. The maximum atomic E-state index is 11.4. The van der Waals surface area contributed by atoms with Crippen molar-refractivity contribution in [2.24, 2.45) is 0 Å². The Morgan fingerprint density at radius 1 is 1.29 bits per heavy atom. The summed E-state index contributed by atoms with van der Waals surface area (Å²) in [6.07, 6.45) is 0. The molecule has 0 aromatic heterocycles. The van der Waals surface area contributed by atoms with Crippen LogP contribution in [0.4, 0.5) is 5.69 Å². The lowest BCUT2D eigenvalue weighted by atomic mass is 10.2. The Bertz CT molecular complexity index is 475. The monoisotopic (exact) mass is 257 g/mol. The third-order valence-corrected chi connectivity index (χ3v) is 3.22. The highest BCUT2D eigenvalue weighted by Crippen LogP contribution is 2.22. The second kappa shape index (κ2) is 4.96. The van der Waals surface area contributed by atoms with E-state index in [-0.39, 0.29) is 11.4 Å². The van der Waals surface area contributed by atoms with Crippen LogP contribution in [-0.2, 0) is 10.0 Å². The van der Waals surface area contributed by atoms with Crippen molar-refractivity contribution in [2.45, 2.75) is 33.3 Å². The lowest BCUT2D eigenvalue weighted by Crippen LogP contribution is -2.23. The summed E-state index contributed by atoms with van der Waals surface area (Å²) >= 11 is 0. The summed E-state index contributed by atoms with van der Waals surface area (Å²) in [6, 6.07) is 6.94. The molecule has 0 radical (unpaired) electrons. The van der Waals surface area contributed by atoms with E-state index in [9.17, 15) is 8.42 Å². The van der Waals surface area contributed by atoms with E-state index in [1.807, 2.05) is 20.8 Å². The van der Waals surface area contributed by atoms with E-state index < -0.39 is 10.0 Å². The average molecular weight is 257 g/mol. The molecule has 0 fully saturated rings. The SMILES string of the molecule is CCS(=O)(=O)Nc1cccc(OC(C)(C)C)c1. The highest BCUT2D eigenvalue weighted by atomic mass is 32.2. The summed E-state index contributed by atoms with van der Waals surface area (Å²) in [6.45, 7) is 7.42. The van der Waals surface area contributed by atoms with E-state index in [2.05, 4.69) is 4.72 Å². The molecule has 0 amide bonds. The third kappa shape index (κ3) is 5.08. The fourth-order valence-corrected chi connectivity index (χ4v) is 1.86. The van der Waals surface area contributed by atoms with Crippen LogP contribution < -0.4 is 9.46 Å². The highest BCUT2D eigenvalue weighted by molar-refractivity contribution is 7.92. The maximum Gasteiger partial charge on any atom is 0.232 e. The van der Waals surface area contributed by atoms with Gasteiger partial charge < -0.3 is 4.74 Å². The molecule has 0 heterocycles. The number of sulfonamides is 1. The molecule has 0 aliphatic carbocycles. The second-order valence-electron chi connectivity index (χ2n) is 4.75. The van der Waals surface area contributed by atoms with Crippen molar-refractivity contribution in [3.8, 4) is 5.75 Å². The largest absolute Gasteiger partial charge is 0.488 e. The van der Waals surface area contributed by atoms with Crippen molar-refractivity contribution in [1.29, 1.82) is 0 Å². The molecule has 4 nitrogen and oxygen atoms in total. The number of ether oxygens (including phenoxy) is 1. The molecular formula is C12H19NO3S. The van der Waals surface area contributed by atoms with E-state index >= 15 is 0 Å². The number of rotatable bonds is 4. The number of nitrogens with one attached hydrogen (secondary N) is 1. The summed E-state index contributed by atoms with van der Waals surface area (Å²) in [4.78, 5) is 0. The van der Waals surface area contributed by atoms with Gasteiger partial charge in [-0.25, -0.2) is 8.42 Å². The minimum Gasteiger partial charge on any atom is -0.488 e. The van der Waals surface area contributed by atoms with Crippen LogP contribution in [0.25, 0.3) is 0 Å². The first-order valence-corrected chi connectivity index (χ1v) is 7.17. The Kier molecular flexibility index (Phi) is 4.03. The zero-order valence-electron chi connectivity index (χ0n) is 10.6. The van der Waals surface area contributed by atoms with Crippen molar-refractivity contribution in [3.63, 3.8) is 0 Å². The summed E-state index contributed by atoms with van der Waals surface area (Å²) < 4.78 is 31.0. The Labute approximate surface area is 103 Å². The molecule has 0 bridgehead atoms. The van der Waals surface area contributed by atoms with E-state index in [0.29, 0.717) is 11.4 Å². The molecule has 0 saturated heterocycles. The van der Waals surface area contributed by atoms with Crippen LogP contribution in [0.2, 0.25) is 0 Å². The zero-order chi connectivity index (χ0) is 13.1. The molecule has 17 heavy (non-hydrogen) atoms. The van der Waals surface area contributed by atoms with Crippen LogP contribution in [0.15, 0.2) is 24.3 Å². The van der Waals surface area contributed by atoms with Gasteiger partial charge in [0.25, 0.3) is 0 Å². The molecule has 0 aliphatic heterocycles. The van der Waals surface area contributed by atoms with Gasteiger partial charge in [-0.2, -0.15) is 0 Å². The number of benzene rings is 1. The fraction of sp³-hybridized carbons (Fsp3) is 0.500. The van der Waals surface area contributed by atoms with Crippen molar-refractivity contribution in [2.75, 3.05) is 10.5 Å². The maximum absolute atomic E-state index is 11.4. The van der Waals surface area contributed by atoms with E-state index in [1.54, 1.807) is 31.2 Å². The van der Waals surface area contributed by atoms with E-state index in [4.69, 9.17) is 4.74 Å². The molecule has 0 atom stereocenters. The zero-order valence-corrected chi connectivity index (χ0v) is 11.5. The van der Waals surface area contributed by atoms with Gasteiger partial charge in [0.05, 0.1) is 11.4 Å². The van der Waals surface area contributed by atoms with Crippen molar-refractivity contribution >= 4 is 15.7 Å². The first-order chi connectivity index (χ1) is 7.72. The van der Waals surface area contributed by atoms with Gasteiger partial charge in [-0.3, -0.25) is 4.72 Å². The van der Waals surface area contributed by atoms with Gasteiger partial charge in [0.15, 0.2) is 0 Å². The lowest BCUT2D eigenvalue weighted by molar-refractivity contribution is 0.131. The van der Waals surface area contributed by atoms with Crippen LogP contribution in [0.5, 0.6) is 5.75 Å². The van der Waals surface area contributed by atoms with E-state index in [1.165, 1.54) is 0 Å². The molecule has 1 rings (SSSR count). The quantitative estimate of drug-likeness (QED) is 0.902. The number of hydrogen-bond acceptors (Lipinski definition) is 3. The predicted molar refractivity (Wildman–Crippen MR) is 69.9 cm³/mol. The smallest absolute Gasteiger partial charge is 0.232 e. The van der Waals surface area contributed by atoms with Gasteiger partial charge in [-0.15, -0.1) is 0 Å². The van der Waals surface area contributed by atoms with Crippen molar-refractivity contribution in [1.82, 2.24) is 0 Å². The molecule has 0 aliphatic rings. The van der Waals surface area contributed by atoms with Gasteiger partial charge in [0.1, 0.15) is 11.4 Å². The molecule has 1 aromatic rings. The van der Waals surface area contributed by atoms with Gasteiger partial charge in [0, 0.05) is 6.07 Å². The molecule has 1 aromatic carbocycles. The minimum atomic E-state index is -3.24. The van der Waals surface area contributed by atoms with Crippen LogP contribution in [0.1, 0.15) is 27.7 Å². The predicted octanol–water partition coefficient (Wildman–Crippen LogP) is 2.63. The normalized spacial score (nSPS) is 12.2. The highest BCUT2D eigenvalue weighted by Gasteiger charge is 2.12. The van der Waals surface area contributed by atoms with Crippen LogP contribution >= 0.6 is 0 Å². The fourth-order valence-electron chi connectivity index (χ4n) is 1.23. The molecule has 96 valence electrons. The number of hydrogen-bond donors (Lipinski definition) is 1. The standard InChI is InChI=1S/C12H19NO3S/c1-5-17(14,15)13-10-7-6-8-11(9-10)16-12(2,3)4/h6-9,13H,5H2,1-4H3. The minimum absolute atomic E-state index is 0.0529. The summed E-state index contributed by atoms with van der Waals surface area (Å²) in [5.41, 5.74) is 0.219. The van der Waals surface area contributed by atoms with Crippen LogP contribution in [0.3, 0.4) is 0 Å².